The van der Waals surface area contributed by atoms with Crippen LogP contribution in [0.15, 0.2) is 54.7 Å². The summed E-state index contributed by atoms with van der Waals surface area (Å²) < 4.78 is 0.202. The monoisotopic (exact) mass is 309 g/mol. The molecule has 0 aliphatic carbocycles. The molecule has 0 radical (unpaired) electrons. The number of thioether (sulfide) groups is 1. The van der Waals surface area contributed by atoms with Gasteiger partial charge in [0.05, 0.1) is 5.25 Å². The van der Waals surface area contributed by atoms with Gasteiger partial charge in [-0.25, -0.2) is 0 Å². The van der Waals surface area contributed by atoms with Crippen molar-refractivity contribution >= 4 is 22.7 Å². The summed E-state index contributed by atoms with van der Waals surface area (Å²) >= 11 is 2.01. The maximum atomic E-state index is 3.42. The molecule has 2 heteroatoms. The molecule has 3 aromatic rings. The van der Waals surface area contributed by atoms with E-state index in [4.69, 9.17) is 0 Å². The summed E-state index contributed by atoms with van der Waals surface area (Å²) in [5.74, 6) is 0. The second kappa shape index (κ2) is 5.85. The van der Waals surface area contributed by atoms with E-state index in [1.807, 2.05) is 11.8 Å². The third kappa shape index (κ3) is 3.22. The highest BCUT2D eigenvalue weighted by Crippen LogP contribution is 2.45. The Hall–Kier alpha value is -1.67. The fraction of sp³-hybridized carbons (Fsp3) is 0.300. The lowest BCUT2D eigenvalue weighted by molar-refractivity contribution is 0.797. The average Bonchev–Trinajstić information content (AvgIpc) is 2.89. The number of rotatable bonds is 3. The number of aromatic nitrogens is 1. The molecule has 1 nitrogen and oxygen atoms in total. The normalized spacial score (nSPS) is 13.5. The molecule has 1 atom stereocenters. The number of benzene rings is 2. The number of aryl methyl sites for hydroxylation is 1. The zero-order valence-electron chi connectivity index (χ0n) is 13.7. The number of hydrogen-bond acceptors (Lipinski definition) is 1. The van der Waals surface area contributed by atoms with Gasteiger partial charge in [0, 0.05) is 21.8 Å². The first-order valence-electron chi connectivity index (χ1n) is 7.74. The molecule has 0 saturated heterocycles. The minimum Gasteiger partial charge on any atom is -0.361 e. The Labute approximate surface area is 137 Å². The van der Waals surface area contributed by atoms with Crippen LogP contribution >= 0.6 is 11.8 Å². The number of hydrogen-bond donors (Lipinski definition) is 1. The minimum absolute atomic E-state index is 0.202. The summed E-state index contributed by atoms with van der Waals surface area (Å²) in [6, 6.07) is 17.5. The average molecular weight is 309 g/mol. The van der Waals surface area contributed by atoms with Crippen molar-refractivity contribution in [3.05, 3.63) is 71.4 Å². The molecule has 1 N–H and O–H groups in total. The van der Waals surface area contributed by atoms with Gasteiger partial charge in [0.15, 0.2) is 0 Å². The van der Waals surface area contributed by atoms with Crippen molar-refractivity contribution in [1.82, 2.24) is 4.98 Å². The predicted molar refractivity (Wildman–Crippen MR) is 98.7 cm³/mol. The summed E-state index contributed by atoms with van der Waals surface area (Å²) in [5.41, 5.74) is 5.26. The predicted octanol–water partition coefficient (Wildman–Crippen LogP) is 6.10. The Bertz CT molecular complexity index is 762. The summed E-state index contributed by atoms with van der Waals surface area (Å²) in [6.45, 7) is 9.00. The third-order valence-corrected chi connectivity index (χ3v) is 5.22. The van der Waals surface area contributed by atoms with Crippen molar-refractivity contribution in [2.75, 3.05) is 0 Å². The van der Waals surface area contributed by atoms with Crippen molar-refractivity contribution in [3.63, 3.8) is 0 Å². The summed E-state index contributed by atoms with van der Waals surface area (Å²) in [6.07, 6.45) is 2.17. The molecule has 0 fully saturated rings. The van der Waals surface area contributed by atoms with Crippen LogP contribution in [-0.4, -0.2) is 9.73 Å². The summed E-state index contributed by atoms with van der Waals surface area (Å²) in [5, 5.41) is 1.67. The van der Waals surface area contributed by atoms with E-state index >= 15 is 0 Å². The fourth-order valence-electron chi connectivity index (χ4n) is 2.72. The van der Waals surface area contributed by atoms with Gasteiger partial charge in [-0.05, 0) is 24.1 Å². The fourth-order valence-corrected chi connectivity index (χ4v) is 4.04. The molecule has 0 amide bonds. The van der Waals surface area contributed by atoms with Gasteiger partial charge in [0.2, 0.25) is 0 Å². The van der Waals surface area contributed by atoms with Crippen LogP contribution in [0.4, 0.5) is 0 Å². The van der Waals surface area contributed by atoms with Crippen LogP contribution in [0.25, 0.3) is 10.9 Å². The molecule has 0 bridgehead atoms. The van der Waals surface area contributed by atoms with E-state index in [9.17, 15) is 0 Å². The third-order valence-electron chi connectivity index (χ3n) is 3.76. The van der Waals surface area contributed by atoms with Crippen LogP contribution in [0.3, 0.4) is 0 Å². The van der Waals surface area contributed by atoms with Crippen LogP contribution < -0.4 is 0 Å². The van der Waals surface area contributed by atoms with Gasteiger partial charge in [0.1, 0.15) is 0 Å². The highest BCUT2D eigenvalue weighted by atomic mass is 32.2. The van der Waals surface area contributed by atoms with Gasteiger partial charge in [-0.2, -0.15) is 0 Å². The summed E-state index contributed by atoms with van der Waals surface area (Å²) in [4.78, 5) is 3.42. The molecular formula is C20H23NS. The zero-order valence-corrected chi connectivity index (χ0v) is 14.5. The molecule has 0 spiro atoms. The first kappa shape index (κ1) is 15.2. The Morgan fingerprint density at radius 1 is 0.955 bits per heavy atom. The molecule has 0 aliphatic heterocycles. The number of aromatic amines is 1. The molecular weight excluding hydrogens is 286 g/mol. The Morgan fingerprint density at radius 3 is 2.32 bits per heavy atom. The minimum atomic E-state index is 0.202. The SMILES string of the molecule is Cc1ccc(C(SC(C)(C)C)c2c[nH]c3ccccc23)cc1. The maximum Gasteiger partial charge on any atom is 0.0572 e. The van der Waals surface area contributed by atoms with E-state index < -0.39 is 0 Å². The van der Waals surface area contributed by atoms with E-state index in [1.54, 1.807) is 0 Å². The van der Waals surface area contributed by atoms with Crippen LogP contribution in [0.2, 0.25) is 0 Å². The number of nitrogens with one attached hydrogen (secondary N) is 1. The van der Waals surface area contributed by atoms with Crippen molar-refractivity contribution in [3.8, 4) is 0 Å². The van der Waals surface area contributed by atoms with Crippen molar-refractivity contribution in [2.24, 2.45) is 0 Å². The standard InChI is InChI=1S/C20H23NS/c1-14-9-11-15(12-10-14)19(22-20(2,3)4)17-13-21-18-8-6-5-7-16(17)18/h5-13,19,21H,1-4H3. The Kier molecular flexibility index (Phi) is 4.05. The Balaban J connectivity index is 2.10. The van der Waals surface area contributed by atoms with Gasteiger partial charge in [-0.15, -0.1) is 11.8 Å². The van der Waals surface area contributed by atoms with Crippen molar-refractivity contribution < 1.29 is 0 Å². The van der Waals surface area contributed by atoms with Crippen molar-refractivity contribution in [2.45, 2.75) is 37.7 Å². The topological polar surface area (TPSA) is 15.8 Å². The Morgan fingerprint density at radius 2 is 1.64 bits per heavy atom. The van der Waals surface area contributed by atoms with Crippen molar-refractivity contribution in [1.29, 1.82) is 0 Å². The number of H-pyrrole nitrogens is 1. The van der Waals surface area contributed by atoms with E-state index in [-0.39, 0.29) is 4.75 Å². The molecule has 0 aliphatic rings. The molecule has 3 rings (SSSR count). The molecule has 22 heavy (non-hydrogen) atoms. The van der Waals surface area contributed by atoms with Gasteiger partial charge in [-0.3, -0.25) is 0 Å². The smallest absolute Gasteiger partial charge is 0.0572 e. The first-order chi connectivity index (χ1) is 10.4. The number of para-hydroxylation sites is 1. The molecule has 1 heterocycles. The second-order valence-corrected chi connectivity index (χ2v) is 8.74. The van der Waals surface area contributed by atoms with Gasteiger partial charge in [0.25, 0.3) is 0 Å². The lowest BCUT2D eigenvalue weighted by Crippen LogP contribution is -2.12. The second-order valence-electron chi connectivity index (χ2n) is 6.81. The van der Waals surface area contributed by atoms with E-state index in [0.29, 0.717) is 5.25 Å². The van der Waals surface area contributed by atoms with Crippen LogP contribution in [0.1, 0.15) is 42.7 Å². The van der Waals surface area contributed by atoms with Gasteiger partial charge >= 0.3 is 0 Å². The lowest BCUT2D eigenvalue weighted by atomic mass is 10.0. The van der Waals surface area contributed by atoms with Gasteiger partial charge in [-0.1, -0.05) is 68.8 Å². The molecule has 1 unspecified atom stereocenters. The lowest BCUT2D eigenvalue weighted by Gasteiger charge is -2.26. The highest BCUT2D eigenvalue weighted by Gasteiger charge is 2.24. The quantitative estimate of drug-likeness (QED) is 0.618. The molecule has 2 aromatic carbocycles. The largest absolute Gasteiger partial charge is 0.361 e. The first-order valence-corrected chi connectivity index (χ1v) is 8.62. The molecule has 1 aromatic heterocycles. The van der Waals surface area contributed by atoms with E-state index in [0.717, 1.165) is 0 Å². The molecule has 0 saturated carbocycles. The highest BCUT2D eigenvalue weighted by molar-refractivity contribution is 8.01. The zero-order chi connectivity index (χ0) is 15.7. The number of fused-ring (bicyclic) bond motifs is 1. The maximum absolute atomic E-state index is 3.42. The van der Waals surface area contributed by atoms with Crippen LogP contribution in [-0.2, 0) is 0 Å². The van der Waals surface area contributed by atoms with Crippen LogP contribution in [0, 0.1) is 6.92 Å². The van der Waals surface area contributed by atoms with Crippen LogP contribution in [0.5, 0.6) is 0 Å². The van der Waals surface area contributed by atoms with E-state index in [2.05, 4.69) is 87.4 Å². The van der Waals surface area contributed by atoms with E-state index in [1.165, 1.54) is 27.6 Å². The summed E-state index contributed by atoms with van der Waals surface area (Å²) in [7, 11) is 0. The molecule has 114 valence electrons. The van der Waals surface area contributed by atoms with Gasteiger partial charge < -0.3 is 4.98 Å².